The van der Waals surface area contributed by atoms with Crippen molar-refractivity contribution < 1.29 is 77.9 Å². The number of carbonyl (C=O) groups excluding carboxylic acids is 1. The second-order valence-corrected chi connectivity index (χ2v) is 10.6. The van der Waals surface area contributed by atoms with Crippen LogP contribution in [0.25, 0.3) is 11.2 Å². The Balaban J connectivity index is 0.000000280. The third kappa shape index (κ3) is 8.39. The number of anilines is 1. The van der Waals surface area contributed by atoms with E-state index in [0.717, 1.165) is 0 Å². The Bertz CT molecular complexity index is 1300. The standard InChI is InChI=1S/C10H13N5O5.C6H14O12P2/c11-10-13-7-4(8(19)14-10)12-2-15(7)9-6(18)5(17)3(1-16)20-9;7-1-3(9)5(10)6(11)4(2-8)17-20(15,16)18-19(12,13)14/h2-3,5-6,9,16-18H,1H2,(H3,11,13,14,19);2-7,9-11H,1H2,(H,15,16)(H2,12,13,14)/p-3/t3-,5-,6-,9-;3-,4-,5-,6-/m11/s1. The molecule has 3 heterocycles. The van der Waals surface area contributed by atoms with Crippen LogP contribution in [0.1, 0.15) is 6.23 Å². The van der Waals surface area contributed by atoms with Crippen LogP contribution in [-0.2, 0) is 27.5 Å². The monoisotopic (exact) mass is 620 g/mol. The Morgan fingerprint density at radius 2 is 1.80 bits per heavy atom. The van der Waals surface area contributed by atoms with Gasteiger partial charge < -0.3 is 74.8 Å². The highest BCUT2D eigenvalue weighted by Crippen LogP contribution is 2.51. The summed E-state index contributed by atoms with van der Waals surface area (Å²) in [6.07, 6.45) is -12.4. The third-order valence-electron chi connectivity index (χ3n) is 5.09. The molecule has 0 radical (unpaired) electrons. The third-order valence-corrected chi connectivity index (χ3v) is 7.20. The molecule has 1 saturated heterocycles. The fourth-order valence-corrected chi connectivity index (χ4v) is 4.83. The van der Waals surface area contributed by atoms with Gasteiger partial charge in [-0.3, -0.25) is 23.2 Å². The van der Waals surface area contributed by atoms with Crippen molar-refractivity contribution in [3.05, 3.63) is 16.7 Å². The van der Waals surface area contributed by atoms with Gasteiger partial charge in [-0.1, -0.05) is 0 Å². The van der Waals surface area contributed by atoms with E-state index in [0.29, 0.717) is 0 Å². The molecule has 1 aliphatic heterocycles. The maximum atomic E-state index is 11.7. The normalized spacial score (nSPS) is 25.9. The highest BCUT2D eigenvalue weighted by Gasteiger charge is 2.44. The van der Waals surface area contributed by atoms with Crippen molar-refractivity contribution in [2.75, 3.05) is 18.9 Å². The van der Waals surface area contributed by atoms with E-state index in [-0.39, 0.29) is 23.4 Å². The molecule has 2 aromatic rings. The molecule has 0 spiro atoms. The van der Waals surface area contributed by atoms with Crippen LogP contribution in [0.5, 0.6) is 0 Å². The number of phosphoric ester groups is 1. The molecule has 0 aliphatic carbocycles. The summed E-state index contributed by atoms with van der Waals surface area (Å²) < 4.78 is 34.5. The first-order valence-electron chi connectivity index (χ1n) is 10.6. The van der Waals surface area contributed by atoms with Crippen LogP contribution in [0, 0.1) is 0 Å². The summed E-state index contributed by atoms with van der Waals surface area (Å²) in [4.78, 5) is 63.4. The van der Waals surface area contributed by atoms with E-state index in [1.165, 1.54) is 10.9 Å². The van der Waals surface area contributed by atoms with E-state index in [1.807, 2.05) is 0 Å². The van der Waals surface area contributed by atoms with E-state index in [4.69, 9.17) is 25.8 Å². The first-order valence-corrected chi connectivity index (χ1v) is 13.6. The molecular formula is C16H24N5O17P2-3. The number of H-pyrrole nitrogens is 1. The molecule has 1 fully saturated rings. The van der Waals surface area contributed by atoms with Crippen molar-refractivity contribution in [2.24, 2.45) is 0 Å². The fraction of sp³-hybridized carbons (Fsp3) is 0.625. The van der Waals surface area contributed by atoms with E-state index in [1.54, 1.807) is 0 Å². The minimum absolute atomic E-state index is 0.0388. The van der Waals surface area contributed by atoms with Crippen LogP contribution in [0.15, 0.2) is 11.1 Å². The molecule has 0 saturated carbocycles. The zero-order chi connectivity index (χ0) is 30.6. The zero-order valence-electron chi connectivity index (χ0n) is 19.7. The summed E-state index contributed by atoms with van der Waals surface area (Å²) in [5.41, 5.74) is 5.12. The molecule has 1 unspecified atom stereocenters. The molecule has 3 rings (SSSR count). The van der Waals surface area contributed by atoms with Gasteiger partial charge in [0.2, 0.25) is 5.95 Å². The molecule has 0 aromatic carbocycles. The highest BCUT2D eigenvalue weighted by atomic mass is 31.3. The van der Waals surface area contributed by atoms with Crippen LogP contribution < -0.4 is 26.0 Å². The second-order valence-electron chi connectivity index (χ2n) is 7.92. The Labute approximate surface area is 221 Å². The van der Waals surface area contributed by atoms with Crippen molar-refractivity contribution in [1.29, 1.82) is 0 Å². The Morgan fingerprint density at radius 1 is 1.18 bits per heavy atom. The van der Waals surface area contributed by atoms with Gasteiger partial charge in [0, 0.05) is 0 Å². The molecule has 22 nitrogen and oxygen atoms in total. The number of ether oxygens (including phenoxy) is 1. The summed E-state index contributed by atoms with van der Waals surface area (Å²) >= 11 is 0. The summed E-state index contributed by atoms with van der Waals surface area (Å²) in [6.45, 7) is -1.48. The number of rotatable bonds is 11. The molecular weight excluding hydrogens is 596 g/mol. The number of phosphoric acid groups is 2. The average Bonchev–Trinajstić information content (AvgIpc) is 3.40. The summed E-state index contributed by atoms with van der Waals surface area (Å²) in [6, 6.07) is 0. The Morgan fingerprint density at radius 3 is 2.30 bits per heavy atom. The fourth-order valence-electron chi connectivity index (χ4n) is 3.23. The number of aliphatic hydroxyl groups is 7. The lowest BCUT2D eigenvalue weighted by molar-refractivity contribution is -0.340. The van der Waals surface area contributed by atoms with Crippen LogP contribution >= 0.6 is 15.6 Å². The first kappa shape index (κ1) is 34.0. The van der Waals surface area contributed by atoms with Crippen LogP contribution in [0.3, 0.4) is 0 Å². The van der Waals surface area contributed by atoms with E-state index >= 15 is 0 Å². The van der Waals surface area contributed by atoms with Crippen molar-refractivity contribution >= 4 is 39.0 Å². The predicted octanol–water partition coefficient (Wildman–Crippen LogP) is -7.73. The number of aromatic amines is 1. The maximum Gasteiger partial charge on any atom is 0.280 e. The van der Waals surface area contributed by atoms with Gasteiger partial charge in [-0.25, -0.2) is 4.98 Å². The van der Waals surface area contributed by atoms with Gasteiger partial charge >= 0.3 is 0 Å². The van der Waals surface area contributed by atoms with E-state index < -0.39 is 83.4 Å². The molecule has 0 bridgehead atoms. The molecule has 2 aromatic heterocycles. The molecule has 228 valence electrons. The summed E-state index contributed by atoms with van der Waals surface area (Å²) in [5, 5.41) is 64.7. The van der Waals surface area contributed by atoms with Gasteiger partial charge in [-0.2, -0.15) is 4.98 Å². The number of aliphatic hydroxyl groups excluding tert-OH is 7. The number of hydrogen-bond donors (Lipinski definition) is 9. The average molecular weight is 620 g/mol. The molecule has 10 N–H and O–H groups in total. The SMILES string of the molecule is Nc1nc2c(ncn2[C@@H]2O[C@H](CO)[C@@H](O)[C@H]2O)c(=O)[nH]1.O=C[C@@H](OP(=O)([O-])OP(=O)([O-])[O-])[C@@H](O)[C@H](O)[C@H](O)CO. The number of nitrogens with two attached hydrogens (primary N) is 1. The quantitative estimate of drug-likeness (QED) is 0.0831. The topological polar surface area (TPSA) is 379 Å². The van der Waals surface area contributed by atoms with Crippen LogP contribution in [0.2, 0.25) is 0 Å². The van der Waals surface area contributed by atoms with Gasteiger partial charge in [0.05, 0.1) is 27.4 Å². The lowest BCUT2D eigenvalue weighted by atomic mass is 10.0. The van der Waals surface area contributed by atoms with Gasteiger partial charge in [-0.05, 0) is 0 Å². The largest absolute Gasteiger partial charge is 0.790 e. The molecule has 24 heteroatoms. The molecule has 40 heavy (non-hydrogen) atoms. The van der Waals surface area contributed by atoms with Gasteiger partial charge in [0.25, 0.3) is 13.4 Å². The van der Waals surface area contributed by atoms with Gasteiger partial charge in [0.15, 0.2) is 23.7 Å². The van der Waals surface area contributed by atoms with E-state index in [9.17, 15) is 53.8 Å². The molecule has 9 atom stereocenters. The lowest BCUT2D eigenvalue weighted by Gasteiger charge is -2.37. The van der Waals surface area contributed by atoms with Crippen molar-refractivity contribution in [3.8, 4) is 0 Å². The number of hydrogen-bond acceptors (Lipinski definition) is 20. The maximum absolute atomic E-state index is 11.7. The number of nitrogens with one attached hydrogen (secondary N) is 1. The summed E-state index contributed by atoms with van der Waals surface area (Å²) in [5.74, 6) is -0.101. The van der Waals surface area contributed by atoms with Gasteiger partial charge in [0.1, 0.15) is 42.7 Å². The predicted molar refractivity (Wildman–Crippen MR) is 118 cm³/mol. The Hall–Kier alpha value is -2.24. The zero-order valence-corrected chi connectivity index (χ0v) is 21.5. The Kier molecular flexibility index (Phi) is 11.6. The number of aromatic nitrogens is 4. The number of nitrogen functional groups attached to an aromatic ring is 1. The van der Waals surface area contributed by atoms with Crippen LogP contribution in [-0.4, -0.2) is 117 Å². The number of imidazole rings is 1. The molecule has 0 amide bonds. The molecule has 1 aliphatic rings. The number of nitrogens with zero attached hydrogens (tertiary/aromatic N) is 3. The summed E-state index contributed by atoms with van der Waals surface area (Å²) in [7, 11) is -11.8. The van der Waals surface area contributed by atoms with Gasteiger partial charge in [-0.15, -0.1) is 0 Å². The minimum atomic E-state index is -5.98. The van der Waals surface area contributed by atoms with Crippen molar-refractivity contribution in [3.63, 3.8) is 0 Å². The second kappa shape index (κ2) is 13.6. The van der Waals surface area contributed by atoms with Crippen molar-refractivity contribution in [2.45, 2.75) is 49.0 Å². The minimum Gasteiger partial charge on any atom is -0.790 e. The number of fused-ring (bicyclic) bond motifs is 1. The first-order chi connectivity index (χ1) is 18.5. The van der Waals surface area contributed by atoms with Crippen LogP contribution in [0.4, 0.5) is 5.95 Å². The number of aldehydes is 1. The lowest BCUT2D eigenvalue weighted by Crippen LogP contribution is -2.47. The van der Waals surface area contributed by atoms with Crippen molar-refractivity contribution in [1.82, 2.24) is 19.5 Å². The number of carbonyl (C=O) groups is 1. The van der Waals surface area contributed by atoms with E-state index in [2.05, 4.69) is 23.8 Å². The smallest absolute Gasteiger partial charge is 0.280 e. The highest BCUT2D eigenvalue weighted by molar-refractivity contribution is 7.58.